The van der Waals surface area contributed by atoms with E-state index in [-0.39, 0.29) is 16.3 Å². The average molecular weight is 310 g/mol. The predicted octanol–water partition coefficient (Wildman–Crippen LogP) is 1.30. The lowest BCUT2D eigenvalue weighted by atomic mass is 10.1. The molecule has 1 aromatic carbocycles. The Hall–Kier alpha value is -1.93. The quantitative estimate of drug-likeness (QED) is 0.797. The van der Waals surface area contributed by atoms with Gasteiger partial charge in [-0.1, -0.05) is 12.1 Å². The summed E-state index contributed by atoms with van der Waals surface area (Å²) in [7, 11) is -4.01. The summed E-state index contributed by atoms with van der Waals surface area (Å²) in [6.07, 6.45) is 0.753. The number of nitrogens with zero attached hydrogens (tertiary/aromatic N) is 1. The maximum Gasteiger partial charge on any atom is 0.266 e. The van der Waals surface area contributed by atoms with Crippen LogP contribution in [-0.2, 0) is 23.0 Å². The molecule has 3 N–H and O–H groups in total. The summed E-state index contributed by atoms with van der Waals surface area (Å²) >= 11 is 0. The fourth-order valence-electron chi connectivity index (χ4n) is 2.32. The minimum Gasteiger partial charge on any atom is -0.312 e. The first-order valence-electron chi connectivity index (χ1n) is 6.54. The number of nitrogens with one attached hydrogen (secondary N) is 3. The van der Waals surface area contributed by atoms with Gasteiger partial charge in [-0.05, 0) is 18.6 Å². The van der Waals surface area contributed by atoms with Gasteiger partial charge in [-0.25, -0.2) is 12.8 Å². The Kier molecular flexibility index (Phi) is 3.42. The Balaban J connectivity index is 1.97. The zero-order valence-electron chi connectivity index (χ0n) is 11.4. The van der Waals surface area contributed by atoms with Crippen molar-refractivity contribution in [1.82, 2.24) is 15.5 Å². The third-order valence-electron chi connectivity index (χ3n) is 3.48. The molecule has 0 saturated carbocycles. The number of hydrogen-bond acceptors (Lipinski definition) is 4. The highest BCUT2D eigenvalue weighted by atomic mass is 32.2. The molecule has 0 atom stereocenters. The third-order valence-corrected chi connectivity index (χ3v) is 4.84. The van der Waals surface area contributed by atoms with E-state index in [1.54, 1.807) is 0 Å². The summed E-state index contributed by atoms with van der Waals surface area (Å²) in [5, 5.41) is 9.94. The number of hydrogen-bond donors (Lipinski definition) is 3. The molecule has 0 aliphatic carbocycles. The number of rotatable bonds is 3. The first kappa shape index (κ1) is 14.0. The van der Waals surface area contributed by atoms with E-state index in [9.17, 15) is 12.8 Å². The number of halogens is 1. The van der Waals surface area contributed by atoms with Gasteiger partial charge >= 0.3 is 0 Å². The molecule has 0 bridgehead atoms. The Morgan fingerprint density at radius 2 is 2.19 bits per heavy atom. The molecule has 3 rings (SSSR count). The van der Waals surface area contributed by atoms with Crippen LogP contribution < -0.4 is 10.0 Å². The average Bonchev–Trinajstić information content (AvgIpc) is 2.84. The van der Waals surface area contributed by atoms with Gasteiger partial charge in [0, 0.05) is 30.8 Å². The zero-order valence-corrected chi connectivity index (χ0v) is 12.2. The standard InChI is InChI=1S/C13H15FN4O2S/c1-8-3-2-4-11(12(8)14)21(19,20)18-13-9-7-15-6-5-10(9)16-17-13/h2-4,15H,5-7H2,1H3,(H2,16,17,18). The SMILES string of the molecule is Cc1cccc(S(=O)(=O)Nc2n[nH]c3c2CNCC3)c1F. The second-order valence-electron chi connectivity index (χ2n) is 4.95. The first-order valence-corrected chi connectivity index (χ1v) is 8.02. The van der Waals surface area contributed by atoms with Crippen molar-refractivity contribution in [3.05, 3.63) is 40.8 Å². The third kappa shape index (κ3) is 2.52. The van der Waals surface area contributed by atoms with Gasteiger partial charge in [0.15, 0.2) is 5.82 Å². The van der Waals surface area contributed by atoms with E-state index in [1.807, 2.05) is 0 Å². The van der Waals surface area contributed by atoms with E-state index in [4.69, 9.17) is 0 Å². The maximum absolute atomic E-state index is 14.0. The number of anilines is 1. The summed E-state index contributed by atoms with van der Waals surface area (Å²) < 4.78 is 41.0. The number of aromatic nitrogens is 2. The van der Waals surface area contributed by atoms with Gasteiger partial charge < -0.3 is 5.32 Å². The molecule has 1 aliphatic heterocycles. The van der Waals surface area contributed by atoms with Crippen molar-refractivity contribution in [2.24, 2.45) is 0 Å². The number of benzene rings is 1. The molecule has 0 radical (unpaired) electrons. The molecular formula is C13H15FN4O2S. The summed E-state index contributed by atoms with van der Waals surface area (Å²) in [5.74, 6) is -0.523. The summed E-state index contributed by atoms with van der Waals surface area (Å²) in [4.78, 5) is -0.372. The van der Waals surface area contributed by atoms with Gasteiger partial charge in [-0.15, -0.1) is 0 Å². The second-order valence-corrected chi connectivity index (χ2v) is 6.60. The number of sulfonamides is 1. The van der Waals surface area contributed by atoms with E-state index in [2.05, 4.69) is 20.2 Å². The highest BCUT2D eigenvalue weighted by Crippen LogP contribution is 2.24. The van der Waals surface area contributed by atoms with Gasteiger partial charge in [0.2, 0.25) is 0 Å². The van der Waals surface area contributed by atoms with E-state index < -0.39 is 15.8 Å². The van der Waals surface area contributed by atoms with Crippen molar-refractivity contribution in [1.29, 1.82) is 0 Å². The second kappa shape index (κ2) is 5.12. The van der Waals surface area contributed by atoms with Crippen LogP contribution in [0.1, 0.15) is 16.8 Å². The molecule has 1 aliphatic rings. The van der Waals surface area contributed by atoms with Crippen LogP contribution in [0, 0.1) is 12.7 Å². The van der Waals surface area contributed by atoms with Gasteiger partial charge in [0.25, 0.3) is 10.0 Å². The van der Waals surface area contributed by atoms with Crippen LogP contribution >= 0.6 is 0 Å². The van der Waals surface area contributed by atoms with Gasteiger partial charge in [-0.2, -0.15) is 5.10 Å². The minimum atomic E-state index is -4.01. The monoisotopic (exact) mass is 310 g/mol. The van der Waals surface area contributed by atoms with Gasteiger partial charge in [0.1, 0.15) is 10.7 Å². The van der Waals surface area contributed by atoms with Crippen molar-refractivity contribution in [3.63, 3.8) is 0 Å². The van der Waals surface area contributed by atoms with E-state index in [0.717, 1.165) is 24.2 Å². The Labute approximate surface area is 121 Å². The molecular weight excluding hydrogens is 295 g/mol. The molecule has 21 heavy (non-hydrogen) atoms. The fraction of sp³-hybridized carbons (Fsp3) is 0.308. The predicted molar refractivity (Wildman–Crippen MR) is 75.9 cm³/mol. The van der Waals surface area contributed by atoms with E-state index >= 15 is 0 Å². The first-order chi connectivity index (χ1) is 9.99. The van der Waals surface area contributed by atoms with Gasteiger partial charge in [0.05, 0.1) is 0 Å². The molecule has 8 heteroatoms. The van der Waals surface area contributed by atoms with E-state index in [1.165, 1.54) is 25.1 Å². The smallest absolute Gasteiger partial charge is 0.266 e. The van der Waals surface area contributed by atoms with Crippen LogP contribution in [-0.4, -0.2) is 25.2 Å². The van der Waals surface area contributed by atoms with Gasteiger partial charge in [-0.3, -0.25) is 9.82 Å². The van der Waals surface area contributed by atoms with Crippen molar-refractivity contribution in [2.45, 2.75) is 24.8 Å². The Bertz CT molecular complexity index is 785. The molecule has 0 spiro atoms. The van der Waals surface area contributed by atoms with Crippen LogP contribution in [0.25, 0.3) is 0 Å². The normalized spacial score (nSPS) is 14.8. The van der Waals surface area contributed by atoms with Crippen molar-refractivity contribution < 1.29 is 12.8 Å². The number of aryl methyl sites for hydroxylation is 1. The van der Waals surface area contributed by atoms with Crippen molar-refractivity contribution in [3.8, 4) is 0 Å². The van der Waals surface area contributed by atoms with Crippen LogP contribution in [0.4, 0.5) is 10.2 Å². The molecule has 6 nitrogen and oxygen atoms in total. The molecule has 2 aromatic rings. The van der Waals surface area contributed by atoms with Crippen molar-refractivity contribution in [2.75, 3.05) is 11.3 Å². The Morgan fingerprint density at radius 1 is 1.38 bits per heavy atom. The van der Waals surface area contributed by atoms with Crippen LogP contribution in [0.2, 0.25) is 0 Å². The maximum atomic E-state index is 14.0. The lowest BCUT2D eigenvalue weighted by Crippen LogP contribution is -2.24. The fourth-order valence-corrected chi connectivity index (χ4v) is 3.51. The van der Waals surface area contributed by atoms with Crippen LogP contribution in [0.5, 0.6) is 0 Å². The molecule has 1 aromatic heterocycles. The molecule has 0 fully saturated rings. The molecule has 2 heterocycles. The lowest BCUT2D eigenvalue weighted by Gasteiger charge is -2.14. The van der Waals surface area contributed by atoms with E-state index in [0.29, 0.717) is 6.54 Å². The number of aromatic amines is 1. The highest BCUT2D eigenvalue weighted by molar-refractivity contribution is 7.92. The summed E-state index contributed by atoms with van der Waals surface area (Å²) in [6.45, 7) is 2.86. The summed E-state index contributed by atoms with van der Waals surface area (Å²) in [5.41, 5.74) is 1.96. The minimum absolute atomic E-state index is 0.220. The molecule has 0 unspecified atom stereocenters. The number of fused-ring (bicyclic) bond motifs is 1. The van der Waals surface area contributed by atoms with Crippen molar-refractivity contribution >= 4 is 15.8 Å². The topological polar surface area (TPSA) is 86.9 Å². The lowest BCUT2D eigenvalue weighted by molar-refractivity contribution is 0.565. The molecule has 0 saturated heterocycles. The summed E-state index contributed by atoms with van der Waals surface area (Å²) in [6, 6.07) is 4.27. The molecule has 112 valence electrons. The van der Waals surface area contributed by atoms with Crippen LogP contribution in [0.15, 0.2) is 23.1 Å². The molecule has 0 amide bonds. The number of H-pyrrole nitrogens is 1. The Morgan fingerprint density at radius 3 is 3.00 bits per heavy atom. The highest BCUT2D eigenvalue weighted by Gasteiger charge is 2.24. The zero-order chi connectivity index (χ0) is 15.0. The van der Waals surface area contributed by atoms with Crippen LogP contribution in [0.3, 0.4) is 0 Å². The largest absolute Gasteiger partial charge is 0.312 e.